The summed E-state index contributed by atoms with van der Waals surface area (Å²) in [7, 11) is 0. The molecule has 1 aliphatic heterocycles. The van der Waals surface area contributed by atoms with Crippen molar-refractivity contribution in [2.24, 2.45) is 0 Å². The first-order chi connectivity index (χ1) is 15.2. The number of rotatable bonds is 6. The Kier molecular flexibility index (Phi) is 5.18. The number of hydrogen-bond acceptors (Lipinski definition) is 4. The first-order valence-electron chi connectivity index (χ1n) is 10.1. The van der Waals surface area contributed by atoms with E-state index < -0.39 is 0 Å². The molecule has 5 rings (SSSR count). The minimum absolute atomic E-state index is 0.0211. The Morgan fingerprint density at radius 3 is 2.84 bits per heavy atom. The number of nitrogens with one attached hydrogen (secondary N) is 2. The third-order valence-corrected chi connectivity index (χ3v) is 6.48. The van der Waals surface area contributed by atoms with Crippen molar-refractivity contribution < 1.29 is 14.3 Å². The van der Waals surface area contributed by atoms with Crippen LogP contribution in [0.4, 0.5) is 5.69 Å². The normalized spacial score (nSPS) is 14.2. The number of fused-ring (bicyclic) bond motifs is 2. The van der Waals surface area contributed by atoms with Crippen LogP contribution in [0.25, 0.3) is 10.9 Å². The van der Waals surface area contributed by atoms with Gasteiger partial charge in [-0.05, 0) is 35.2 Å². The number of aromatic amines is 1. The van der Waals surface area contributed by atoms with E-state index in [1.54, 1.807) is 23.5 Å². The summed E-state index contributed by atoms with van der Waals surface area (Å²) in [5.74, 6) is 0.213. The number of thiophene rings is 1. The first-order valence-corrected chi connectivity index (χ1v) is 11.0. The summed E-state index contributed by atoms with van der Waals surface area (Å²) in [6.07, 6.45) is 2.02. The number of H-pyrrole nitrogens is 1. The maximum absolute atomic E-state index is 12.8. The lowest BCUT2D eigenvalue weighted by molar-refractivity contribution is -0.125. The van der Waals surface area contributed by atoms with E-state index in [1.807, 2.05) is 48.0 Å². The molecule has 1 aliphatic rings. The van der Waals surface area contributed by atoms with Crippen molar-refractivity contribution in [2.75, 3.05) is 24.6 Å². The van der Waals surface area contributed by atoms with E-state index in [1.165, 1.54) is 9.78 Å². The van der Waals surface area contributed by atoms with Crippen molar-refractivity contribution in [3.63, 3.8) is 0 Å². The van der Waals surface area contributed by atoms with Crippen molar-refractivity contribution in [2.45, 2.75) is 5.92 Å². The van der Waals surface area contributed by atoms with Crippen LogP contribution in [0.3, 0.4) is 0 Å². The first kappa shape index (κ1) is 19.4. The Hall–Kier alpha value is -3.58. The number of amides is 2. The lowest BCUT2D eigenvalue weighted by atomic mass is 9.96. The molecular formula is C24H21N3O3S. The predicted octanol–water partition coefficient (Wildman–Crippen LogP) is 3.90. The van der Waals surface area contributed by atoms with Gasteiger partial charge in [-0.25, -0.2) is 0 Å². The van der Waals surface area contributed by atoms with E-state index >= 15 is 0 Å². The summed E-state index contributed by atoms with van der Waals surface area (Å²) in [5.41, 5.74) is 2.84. The highest BCUT2D eigenvalue weighted by Gasteiger charge is 2.27. The van der Waals surface area contributed by atoms with Gasteiger partial charge in [-0.2, -0.15) is 0 Å². The summed E-state index contributed by atoms with van der Waals surface area (Å²) >= 11 is 1.67. The molecule has 1 unspecified atom stereocenters. The fraction of sp³-hybridized carbons (Fsp3) is 0.167. The fourth-order valence-electron chi connectivity index (χ4n) is 3.98. The number of aromatic nitrogens is 1. The second kappa shape index (κ2) is 8.28. The van der Waals surface area contributed by atoms with Gasteiger partial charge < -0.3 is 15.0 Å². The largest absolute Gasteiger partial charge is 0.482 e. The highest BCUT2D eigenvalue weighted by atomic mass is 32.1. The zero-order chi connectivity index (χ0) is 21.2. The topological polar surface area (TPSA) is 74.4 Å². The van der Waals surface area contributed by atoms with E-state index in [4.69, 9.17) is 4.74 Å². The molecule has 0 bridgehead atoms. The van der Waals surface area contributed by atoms with Crippen molar-refractivity contribution in [3.8, 4) is 5.75 Å². The van der Waals surface area contributed by atoms with Crippen LogP contribution in [0.5, 0.6) is 5.75 Å². The van der Waals surface area contributed by atoms with Gasteiger partial charge in [0.2, 0.25) is 5.91 Å². The number of carbonyl (C=O) groups excluding carboxylic acids is 2. The molecule has 0 radical (unpaired) electrons. The molecule has 2 amide bonds. The van der Waals surface area contributed by atoms with Gasteiger partial charge in [0.25, 0.3) is 5.91 Å². The van der Waals surface area contributed by atoms with E-state index in [0.29, 0.717) is 18.0 Å². The monoisotopic (exact) mass is 431 g/mol. The fourth-order valence-corrected chi connectivity index (χ4v) is 4.82. The molecule has 3 heterocycles. The minimum atomic E-state index is -0.222. The lowest BCUT2D eigenvalue weighted by Gasteiger charge is -2.29. The quantitative estimate of drug-likeness (QED) is 0.486. The molecule has 0 fully saturated rings. The summed E-state index contributed by atoms with van der Waals surface area (Å²) in [6.45, 7) is 0.350. The van der Waals surface area contributed by atoms with Crippen LogP contribution < -0.4 is 15.0 Å². The molecule has 4 aromatic rings. The summed E-state index contributed by atoms with van der Waals surface area (Å²) < 4.78 is 5.46. The Balaban J connectivity index is 1.35. The van der Waals surface area contributed by atoms with Crippen molar-refractivity contribution in [1.29, 1.82) is 0 Å². The Labute approximate surface area is 183 Å². The summed E-state index contributed by atoms with van der Waals surface area (Å²) in [6, 6.07) is 19.5. The second-order valence-corrected chi connectivity index (χ2v) is 8.38. The smallest absolute Gasteiger partial charge is 0.265 e. The Bertz CT molecular complexity index is 1230. The van der Waals surface area contributed by atoms with Crippen molar-refractivity contribution >= 4 is 39.7 Å². The molecule has 0 saturated carbocycles. The van der Waals surface area contributed by atoms with E-state index in [-0.39, 0.29) is 30.9 Å². The molecule has 1 atom stereocenters. The molecule has 156 valence electrons. The van der Waals surface area contributed by atoms with E-state index in [2.05, 4.69) is 22.4 Å². The minimum Gasteiger partial charge on any atom is -0.482 e. The highest BCUT2D eigenvalue weighted by molar-refractivity contribution is 7.10. The van der Waals surface area contributed by atoms with Crippen LogP contribution in [0, 0.1) is 0 Å². The van der Waals surface area contributed by atoms with Crippen molar-refractivity contribution in [1.82, 2.24) is 10.3 Å². The standard InChI is InChI=1S/C24H21N3O3S/c28-23(14-27-20-8-3-4-9-21(20)30-15-24(27)29)26-13-18(22-10-5-11-31-22)17-12-25-19-7-2-1-6-16(17)19/h1-12,18,25H,13-15H2,(H,26,28). The second-order valence-electron chi connectivity index (χ2n) is 7.40. The summed E-state index contributed by atoms with van der Waals surface area (Å²) in [4.78, 5) is 31.2. The molecule has 7 heteroatoms. The zero-order valence-electron chi connectivity index (χ0n) is 16.7. The number of nitrogens with zero attached hydrogens (tertiary/aromatic N) is 1. The van der Waals surface area contributed by atoms with Crippen LogP contribution >= 0.6 is 11.3 Å². The number of anilines is 1. The number of hydrogen-bond donors (Lipinski definition) is 2. The van der Waals surface area contributed by atoms with E-state index in [0.717, 1.165) is 16.5 Å². The van der Waals surface area contributed by atoms with E-state index in [9.17, 15) is 9.59 Å². The Morgan fingerprint density at radius 2 is 1.97 bits per heavy atom. The van der Waals surface area contributed by atoms with Crippen LogP contribution in [0.1, 0.15) is 16.4 Å². The molecule has 2 N–H and O–H groups in total. The van der Waals surface area contributed by atoms with Gasteiger partial charge >= 0.3 is 0 Å². The van der Waals surface area contributed by atoms with Crippen LogP contribution in [0.15, 0.2) is 72.2 Å². The molecule has 2 aromatic carbocycles. The average Bonchev–Trinajstić information content (AvgIpc) is 3.47. The van der Waals surface area contributed by atoms with Crippen LogP contribution in [0.2, 0.25) is 0 Å². The number of ether oxygens (including phenoxy) is 1. The molecule has 0 aliphatic carbocycles. The van der Waals surface area contributed by atoms with Gasteiger partial charge in [-0.1, -0.05) is 36.4 Å². The molecule has 31 heavy (non-hydrogen) atoms. The molecule has 0 saturated heterocycles. The lowest BCUT2D eigenvalue weighted by Crippen LogP contribution is -2.45. The van der Waals surface area contributed by atoms with Crippen LogP contribution in [-0.2, 0) is 9.59 Å². The van der Waals surface area contributed by atoms with Gasteiger partial charge in [0, 0.05) is 34.4 Å². The third kappa shape index (κ3) is 3.80. The number of benzene rings is 2. The molecule has 2 aromatic heterocycles. The third-order valence-electron chi connectivity index (χ3n) is 5.50. The Morgan fingerprint density at radius 1 is 1.13 bits per heavy atom. The van der Waals surface area contributed by atoms with Gasteiger partial charge in [-0.15, -0.1) is 11.3 Å². The molecule has 0 spiro atoms. The maximum atomic E-state index is 12.8. The van der Waals surface area contributed by atoms with Crippen LogP contribution in [-0.4, -0.2) is 36.5 Å². The number of carbonyl (C=O) groups is 2. The van der Waals surface area contributed by atoms with Crippen molar-refractivity contribution in [3.05, 3.63) is 82.7 Å². The molecular weight excluding hydrogens is 410 g/mol. The maximum Gasteiger partial charge on any atom is 0.265 e. The van der Waals surface area contributed by atoms with Gasteiger partial charge in [-0.3, -0.25) is 14.5 Å². The summed E-state index contributed by atoms with van der Waals surface area (Å²) in [5, 5.41) is 6.23. The highest BCUT2D eigenvalue weighted by Crippen LogP contribution is 2.33. The predicted molar refractivity (Wildman–Crippen MR) is 122 cm³/mol. The zero-order valence-corrected chi connectivity index (χ0v) is 17.5. The SMILES string of the molecule is O=C(CN1C(=O)COc2ccccc21)NCC(c1cccs1)c1c[nH]c2ccccc12. The average molecular weight is 432 g/mol. The number of para-hydroxylation sites is 3. The van der Waals surface area contributed by atoms with Gasteiger partial charge in [0.15, 0.2) is 6.61 Å². The molecule has 6 nitrogen and oxygen atoms in total. The van der Waals surface area contributed by atoms with Gasteiger partial charge in [0.1, 0.15) is 12.3 Å². The van der Waals surface area contributed by atoms with Gasteiger partial charge in [0.05, 0.1) is 5.69 Å².